The van der Waals surface area contributed by atoms with Crippen molar-refractivity contribution in [3.05, 3.63) is 54.1 Å². The van der Waals surface area contributed by atoms with Crippen LogP contribution in [0.3, 0.4) is 0 Å². The number of aromatic hydroxyl groups is 1. The number of hydrogen-bond donors (Lipinski definition) is 2. The first-order valence-electron chi connectivity index (χ1n) is 6.96. The van der Waals surface area contributed by atoms with Gasteiger partial charge in [-0.2, -0.15) is 0 Å². The number of carbonyl (C=O) groups excluding carboxylic acids is 1. The topological polar surface area (TPSA) is 66.6 Å². The van der Waals surface area contributed by atoms with Crippen LogP contribution in [0.5, 0.6) is 5.75 Å². The zero-order valence-corrected chi connectivity index (χ0v) is 11.9. The van der Waals surface area contributed by atoms with Gasteiger partial charge in [0.25, 0.3) is 0 Å². The summed E-state index contributed by atoms with van der Waals surface area (Å²) in [6, 6.07) is 14.2. The fourth-order valence-electron chi connectivity index (χ4n) is 2.67. The summed E-state index contributed by atoms with van der Waals surface area (Å²) >= 11 is 0. The zero-order valence-electron chi connectivity index (χ0n) is 11.9. The number of anilines is 2. The third-order valence-corrected chi connectivity index (χ3v) is 4.16. The van der Waals surface area contributed by atoms with Crippen LogP contribution >= 0.6 is 0 Å². The molecule has 4 nitrogen and oxygen atoms in total. The highest BCUT2D eigenvalue weighted by molar-refractivity contribution is 6.03. The molecule has 3 N–H and O–H groups in total. The van der Waals surface area contributed by atoms with E-state index in [1.807, 2.05) is 24.3 Å². The smallest absolute Gasteiger partial charge is 0.237 e. The van der Waals surface area contributed by atoms with Gasteiger partial charge in [-0.15, -0.1) is 0 Å². The molecule has 0 radical (unpaired) electrons. The molecule has 0 unspecified atom stereocenters. The Balaban J connectivity index is 1.87. The molecule has 2 aromatic carbocycles. The van der Waals surface area contributed by atoms with E-state index >= 15 is 0 Å². The molecule has 21 heavy (non-hydrogen) atoms. The number of benzene rings is 2. The van der Waals surface area contributed by atoms with Gasteiger partial charge in [0.05, 0.1) is 5.41 Å². The normalized spacial score (nSPS) is 15.5. The Kier molecular flexibility index (Phi) is 3.09. The summed E-state index contributed by atoms with van der Waals surface area (Å²) in [6.45, 7) is 0. The van der Waals surface area contributed by atoms with Crippen molar-refractivity contribution in [2.24, 2.45) is 0 Å². The van der Waals surface area contributed by atoms with Crippen molar-refractivity contribution in [3.8, 4) is 5.75 Å². The first-order chi connectivity index (χ1) is 10.0. The maximum absolute atomic E-state index is 12.8. The molecule has 0 aromatic heterocycles. The van der Waals surface area contributed by atoms with Gasteiger partial charge in [0.15, 0.2) is 0 Å². The maximum atomic E-state index is 12.8. The number of rotatable bonds is 3. The van der Waals surface area contributed by atoms with Crippen LogP contribution in [0.15, 0.2) is 48.5 Å². The summed E-state index contributed by atoms with van der Waals surface area (Å²) in [5.74, 6) is 0.275. The quantitative estimate of drug-likeness (QED) is 0.851. The molecule has 3 rings (SSSR count). The van der Waals surface area contributed by atoms with E-state index in [9.17, 15) is 9.90 Å². The van der Waals surface area contributed by atoms with E-state index in [2.05, 4.69) is 0 Å². The van der Waals surface area contributed by atoms with Crippen LogP contribution in [0.2, 0.25) is 0 Å². The Bertz CT molecular complexity index is 658. The third kappa shape index (κ3) is 2.33. The molecule has 4 heteroatoms. The summed E-state index contributed by atoms with van der Waals surface area (Å²) in [6.07, 6.45) is 1.72. The highest BCUT2D eigenvalue weighted by Gasteiger charge is 2.52. The molecule has 0 spiro atoms. The van der Waals surface area contributed by atoms with E-state index < -0.39 is 5.41 Å². The average Bonchev–Trinajstić information content (AvgIpc) is 3.29. The molecule has 1 aliphatic rings. The molecule has 0 saturated heterocycles. The standard InChI is InChI=1S/C17H18N2O2/c1-19(14-6-8-15(20)9-7-14)16(21)17(10-11-17)12-2-4-13(18)5-3-12/h2-9,20H,10-11,18H2,1H3. The van der Waals surface area contributed by atoms with Crippen LogP contribution in [0.25, 0.3) is 0 Å². The lowest BCUT2D eigenvalue weighted by atomic mass is 9.94. The molecule has 0 aliphatic heterocycles. The number of carbonyl (C=O) groups is 1. The van der Waals surface area contributed by atoms with Crippen molar-refractivity contribution in [1.29, 1.82) is 0 Å². The second-order valence-corrected chi connectivity index (χ2v) is 5.58. The Morgan fingerprint density at radius 3 is 2.19 bits per heavy atom. The minimum absolute atomic E-state index is 0.0814. The number of nitrogen functional groups attached to an aromatic ring is 1. The summed E-state index contributed by atoms with van der Waals surface area (Å²) in [5.41, 5.74) is 7.80. The average molecular weight is 282 g/mol. The molecule has 0 heterocycles. The van der Waals surface area contributed by atoms with Gasteiger partial charge in [0, 0.05) is 18.4 Å². The Labute approximate surface area is 123 Å². The summed E-state index contributed by atoms with van der Waals surface area (Å²) in [5, 5.41) is 9.34. The second-order valence-electron chi connectivity index (χ2n) is 5.58. The van der Waals surface area contributed by atoms with Gasteiger partial charge in [-0.1, -0.05) is 12.1 Å². The Hall–Kier alpha value is -2.49. The predicted octanol–water partition coefficient (Wildman–Crippen LogP) is 2.67. The molecular formula is C17H18N2O2. The molecule has 108 valence electrons. The van der Waals surface area contributed by atoms with E-state index in [1.54, 1.807) is 36.2 Å². The SMILES string of the molecule is CN(C(=O)C1(c2ccc(N)cc2)CC1)c1ccc(O)cc1. The van der Waals surface area contributed by atoms with Gasteiger partial charge in [-0.3, -0.25) is 4.79 Å². The summed E-state index contributed by atoms with van der Waals surface area (Å²) in [7, 11) is 1.77. The van der Waals surface area contributed by atoms with E-state index in [0.29, 0.717) is 5.69 Å². The van der Waals surface area contributed by atoms with Crippen molar-refractivity contribution in [2.45, 2.75) is 18.3 Å². The Morgan fingerprint density at radius 2 is 1.67 bits per heavy atom. The van der Waals surface area contributed by atoms with Gasteiger partial charge < -0.3 is 15.7 Å². The van der Waals surface area contributed by atoms with Gasteiger partial charge in [-0.05, 0) is 54.8 Å². The zero-order chi connectivity index (χ0) is 15.0. The molecule has 2 aromatic rings. The molecule has 1 aliphatic carbocycles. The van der Waals surface area contributed by atoms with Crippen molar-refractivity contribution in [1.82, 2.24) is 0 Å². The molecule has 1 fully saturated rings. The van der Waals surface area contributed by atoms with Gasteiger partial charge >= 0.3 is 0 Å². The number of nitrogens with zero attached hydrogens (tertiary/aromatic N) is 1. The lowest BCUT2D eigenvalue weighted by molar-refractivity contribution is -0.120. The highest BCUT2D eigenvalue weighted by Crippen LogP contribution is 2.50. The van der Waals surface area contributed by atoms with E-state index in [4.69, 9.17) is 5.73 Å². The van der Waals surface area contributed by atoms with Gasteiger partial charge in [-0.25, -0.2) is 0 Å². The van der Waals surface area contributed by atoms with E-state index in [0.717, 1.165) is 24.1 Å². The number of nitrogens with two attached hydrogens (primary N) is 1. The van der Waals surface area contributed by atoms with Crippen molar-refractivity contribution < 1.29 is 9.90 Å². The van der Waals surface area contributed by atoms with Crippen LogP contribution in [-0.2, 0) is 10.2 Å². The summed E-state index contributed by atoms with van der Waals surface area (Å²) in [4.78, 5) is 14.5. The highest BCUT2D eigenvalue weighted by atomic mass is 16.3. The van der Waals surface area contributed by atoms with Crippen LogP contribution in [-0.4, -0.2) is 18.1 Å². The maximum Gasteiger partial charge on any atom is 0.237 e. The molecular weight excluding hydrogens is 264 g/mol. The molecule has 1 saturated carbocycles. The number of amides is 1. The first kappa shape index (κ1) is 13.5. The lowest BCUT2D eigenvalue weighted by Crippen LogP contribution is -2.36. The third-order valence-electron chi connectivity index (χ3n) is 4.16. The van der Waals surface area contributed by atoms with Crippen molar-refractivity contribution >= 4 is 17.3 Å². The summed E-state index contributed by atoms with van der Waals surface area (Å²) < 4.78 is 0. The number of hydrogen-bond acceptors (Lipinski definition) is 3. The lowest BCUT2D eigenvalue weighted by Gasteiger charge is -2.24. The largest absolute Gasteiger partial charge is 0.508 e. The first-order valence-corrected chi connectivity index (χ1v) is 6.96. The van der Waals surface area contributed by atoms with E-state index in [-0.39, 0.29) is 11.7 Å². The fourth-order valence-corrected chi connectivity index (χ4v) is 2.67. The van der Waals surface area contributed by atoms with Crippen LogP contribution in [0, 0.1) is 0 Å². The van der Waals surface area contributed by atoms with Gasteiger partial charge in [0.2, 0.25) is 5.91 Å². The number of phenolic OH excluding ortho intramolecular Hbond substituents is 1. The minimum atomic E-state index is -0.416. The van der Waals surface area contributed by atoms with Crippen LogP contribution in [0.4, 0.5) is 11.4 Å². The minimum Gasteiger partial charge on any atom is -0.508 e. The van der Waals surface area contributed by atoms with Crippen LogP contribution in [0.1, 0.15) is 18.4 Å². The fraction of sp³-hybridized carbons (Fsp3) is 0.235. The molecule has 1 amide bonds. The molecule has 0 bridgehead atoms. The van der Waals surface area contributed by atoms with Crippen molar-refractivity contribution in [2.75, 3.05) is 17.7 Å². The monoisotopic (exact) mass is 282 g/mol. The predicted molar refractivity (Wildman–Crippen MR) is 83.3 cm³/mol. The van der Waals surface area contributed by atoms with Crippen LogP contribution < -0.4 is 10.6 Å². The Morgan fingerprint density at radius 1 is 1.10 bits per heavy atom. The number of likely N-dealkylation sites (N-methyl/N-ethyl adjacent to an activating group) is 1. The molecule has 0 atom stereocenters. The second kappa shape index (κ2) is 4.81. The van der Waals surface area contributed by atoms with Crippen molar-refractivity contribution in [3.63, 3.8) is 0 Å². The number of phenols is 1. The van der Waals surface area contributed by atoms with Gasteiger partial charge in [0.1, 0.15) is 5.75 Å². The van der Waals surface area contributed by atoms with E-state index in [1.165, 1.54) is 0 Å².